The van der Waals surface area contributed by atoms with Crippen LogP contribution in [0.15, 0.2) is 0 Å². The van der Waals surface area contributed by atoms with E-state index in [1.165, 1.54) is 7.11 Å². The summed E-state index contributed by atoms with van der Waals surface area (Å²) < 4.78 is 4.70. The van der Waals surface area contributed by atoms with E-state index in [9.17, 15) is 9.59 Å². The minimum absolute atomic E-state index is 0.00197. The lowest BCUT2D eigenvalue weighted by Crippen LogP contribution is -2.43. The van der Waals surface area contributed by atoms with E-state index < -0.39 is 5.41 Å². The number of methoxy groups -OCH3 is 1. The van der Waals surface area contributed by atoms with Gasteiger partial charge in [0.1, 0.15) is 0 Å². The lowest BCUT2D eigenvalue weighted by molar-refractivity contribution is -0.150. The van der Waals surface area contributed by atoms with Gasteiger partial charge in [-0.15, -0.1) is 0 Å². The molecule has 0 aliphatic heterocycles. The molecule has 0 heterocycles. The van der Waals surface area contributed by atoms with Crippen LogP contribution in [0.4, 0.5) is 0 Å². The summed E-state index contributed by atoms with van der Waals surface area (Å²) in [7, 11) is 1.35. The van der Waals surface area contributed by atoms with Crippen LogP contribution in [0, 0.1) is 11.3 Å². The Bertz CT molecular complexity index is 315. The Labute approximate surface area is 108 Å². The highest BCUT2D eigenvalue weighted by Crippen LogP contribution is 2.23. The molecule has 1 saturated carbocycles. The molecule has 0 aromatic rings. The number of hydrogen-bond acceptors (Lipinski definition) is 4. The molecule has 1 aliphatic carbocycles. The summed E-state index contributed by atoms with van der Waals surface area (Å²) in [5.74, 6) is -0.326. The average Bonchev–Trinajstić information content (AvgIpc) is 2.35. The highest BCUT2D eigenvalue weighted by Gasteiger charge is 2.31. The maximum absolute atomic E-state index is 12.0. The SMILES string of the molecule is COC(=O)C(C)(C)CNC(=O)C1CCCC(N)C1. The van der Waals surface area contributed by atoms with Crippen molar-refractivity contribution in [3.05, 3.63) is 0 Å². The topological polar surface area (TPSA) is 81.4 Å². The summed E-state index contributed by atoms with van der Waals surface area (Å²) in [6, 6.07) is 0.128. The van der Waals surface area contributed by atoms with Gasteiger partial charge in [0.05, 0.1) is 12.5 Å². The second kappa shape index (κ2) is 6.18. The van der Waals surface area contributed by atoms with Crippen molar-refractivity contribution in [2.45, 2.75) is 45.6 Å². The van der Waals surface area contributed by atoms with Gasteiger partial charge in [-0.2, -0.15) is 0 Å². The fourth-order valence-electron chi connectivity index (χ4n) is 2.27. The van der Waals surface area contributed by atoms with Crippen LogP contribution in [-0.4, -0.2) is 31.6 Å². The number of rotatable bonds is 4. The standard InChI is InChI=1S/C13H24N2O3/c1-13(2,12(17)18-3)8-15-11(16)9-5-4-6-10(14)7-9/h9-10H,4-8,14H2,1-3H3,(H,15,16). The molecule has 104 valence electrons. The van der Waals surface area contributed by atoms with Crippen LogP contribution in [0.5, 0.6) is 0 Å². The number of carbonyl (C=O) groups is 2. The third-order valence-corrected chi connectivity index (χ3v) is 3.53. The van der Waals surface area contributed by atoms with E-state index in [0.717, 1.165) is 25.7 Å². The van der Waals surface area contributed by atoms with Gasteiger partial charge in [0.15, 0.2) is 0 Å². The van der Waals surface area contributed by atoms with Crippen molar-refractivity contribution >= 4 is 11.9 Å². The van der Waals surface area contributed by atoms with E-state index in [1.54, 1.807) is 13.8 Å². The molecule has 0 aromatic carbocycles. The Kier molecular flexibility index (Phi) is 5.14. The summed E-state index contributed by atoms with van der Waals surface area (Å²) in [6.45, 7) is 3.81. The number of ether oxygens (including phenoxy) is 1. The highest BCUT2D eigenvalue weighted by molar-refractivity contribution is 5.81. The lowest BCUT2D eigenvalue weighted by Gasteiger charge is -2.27. The van der Waals surface area contributed by atoms with Gasteiger partial charge >= 0.3 is 5.97 Å². The van der Waals surface area contributed by atoms with Gasteiger partial charge in [0.25, 0.3) is 0 Å². The van der Waals surface area contributed by atoms with Crippen LogP contribution >= 0.6 is 0 Å². The molecule has 0 spiro atoms. The third-order valence-electron chi connectivity index (χ3n) is 3.53. The van der Waals surface area contributed by atoms with Crippen LogP contribution in [0.3, 0.4) is 0 Å². The summed E-state index contributed by atoms with van der Waals surface area (Å²) in [6.07, 6.45) is 3.62. The number of carbonyl (C=O) groups excluding carboxylic acids is 2. The number of nitrogens with two attached hydrogens (primary N) is 1. The number of hydrogen-bond donors (Lipinski definition) is 2. The highest BCUT2D eigenvalue weighted by atomic mass is 16.5. The number of esters is 1. The molecular weight excluding hydrogens is 232 g/mol. The molecule has 1 rings (SSSR count). The zero-order valence-corrected chi connectivity index (χ0v) is 11.5. The molecule has 1 amide bonds. The van der Waals surface area contributed by atoms with Crippen molar-refractivity contribution in [1.29, 1.82) is 0 Å². The normalized spacial score (nSPS) is 24.4. The van der Waals surface area contributed by atoms with E-state index >= 15 is 0 Å². The Morgan fingerprint density at radius 2 is 2.06 bits per heavy atom. The zero-order chi connectivity index (χ0) is 13.8. The van der Waals surface area contributed by atoms with Crippen molar-refractivity contribution in [2.75, 3.05) is 13.7 Å². The maximum Gasteiger partial charge on any atom is 0.313 e. The van der Waals surface area contributed by atoms with Crippen molar-refractivity contribution in [3.8, 4) is 0 Å². The second-order valence-corrected chi connectivity index (χ2v) is 5.72. The second-order valence-electron chi connectivity index (χ2n) is 5.72. The van der Waals surface area contributed by atoms with E-state index in [2.05, 4.69) is 5.32 Å². The van der Waals surface area contributed by atoms with Gasteiger partial charge in [-0.3, -0.25) is 9.59 Å². The molecule has 5 nitrogen and oxygen atoms in total. The molecule has 18 heavy (non-hydrogen) atoms. The summed E-state index contributed by atoms with van der Waals surface area (Å²) >= 11 is 0. The Balaban J connectivity index is 2.43. The fraction of sp³-hybridized carbons (Fsp3) is 0.846. The first kappa shape index (κ1) is 15.0. The molecule has 2 unspecified atom stereocenters. The first-order chi connectivity index (χ1) is 8.36. The molecule has 1 aliphatic rings. The van der Waals surface area contributed by atoms with Crippen LogP contribution in [0.25, 0.3) is 0 Å². The largest absolute Gasteiger partial charge is 0.469 e. The third kappa shape index (κ3) is 3.98. The smallest absolute Gasteiger partial charge is 0.313 e. The van der Waals surface area contributed by atoms with Gasteiger partial charge in [0.2, 0.25) is 5.91 Å². The minimum Gasteiger partial charge on any atom is -0.469 e. The molecule has 0 radical (unpaired) electrons. The van der Waals surface area contributed by atoms with E-state index in [0.29, 0.717) is 6.54 Å². The predicted octanol–water partition coefficient (Wildman–Crippen LogP) is 0.819. The van der Waals surface area contributed by atoms with Gasteiger partial charge < -0.3 is 15.8 Å². The van der Waals surface area contributed by atoms with Crippen molar-refractivity contribution in [3.63, 3.8) is 0 Å². The molecule has 0 saturated heterocycles. The summed E-state index contributed by atoms with van der Waals surface area (Å²) in [5, 5.41) is 2.83. The Morgan fingerprint density at radius 1 is 1.39 bits per heavy atom. The van der Waals surface area contributed by atoms with Crippen LogP contribution in [-0.2, 0) is 14.3 Å². The first-order valence-corrected chi connectivity index (χ1v) is 6.48. The fourth-order valence-corrected chi connectivity index (χ4v) is 2.27. The molecule has 3 N–H and O–H groups in total. The number of amides is 1. The molecule has 0 bridgehead atoms. The number of nitrogens with one attached hydrogen (secondary N) is 1. The van der Waals surface area contributed by atoms with Crippen LogP contribution in [0.1, 0.15) is 39.5 Å². The van der Waals surface area contributed by atoms with Gasteiger partial charge in [-0.05, 0) is 33.1 Å². The monoisotopic (exact) mass is 256 g/mol. The van der Waals surface area contributed by atoms with E-state index in [-0.39, 0.29) is 23.8 Å². The summed E-state index contributed by atoms with van der Waals surface area (Å²) in [4.78, 5) is 23.5. The molecule has 1 fully saturated rings. The first-order valence-electron chi connectivity index (χ1n) is 6.48. The lowest BCUT2D eigenvalue weighted by atomic mass is 9.85. The van der Waals surface area contributed by atoms with Crippen molar-refractivity contribution < 1.29 is 14.3 Å². The van der Waals surface area contributed by atoms with Gasteiger partial charge in [-0.1, -0.05) is 6.42 Å². The Hall–Kier alpha value is -1.10. The molecule has 5 heteroatoms. The quantitative estimate of drug-likeness (QED) is 0.730. The average molecular weight is 256 g/mol. The summed E-state index contributed by atoms with van der Waals surface area (Å²) in [5.41, 5.74) is 5.17. The van der Waals surface area contributed by atoms with Gasteiger partial charge in [-0.25, -0.2) is 0 Å². The van der Waals surface area contributed by atoms with Crippen molar-refractivity contribution in [2.24, 2.45) is 17.1 Å². The molecular formula is C13H24N2O3. The van der Waals surface area contributed by atoms with Crippen LogP contribution in [0.2, 0.25) is 0 Å². The zero-order valence-electron chi connectivity index (χ0n) is 11.5. The predicted molar refractivity (Wildman–Crippen MR) is 68.7 cm³/mol. The molecule has 2 atom stereocenters. The molecule has 0 aromatic heterocycles. The van der Waals surface area contributed by atoms with Crippen molar-refractivity contribution in [1.82, 2.24) is 5.32 Å². The van der Waals surface area contributed by atoms with E-state index in [4.69, 9.17) is 10.5 Å². The Morgan fingerprint density at radius 3 is 2.61 bits per heavy atom. The minimum atomic E-state index is -0.693. The van der Waals surface area contributed by atoms with E-state index in [1.807, 2.05) is 0 Å². The maximum atomic E-state index is 12.0. The van der Waals surface area contributed by atoms with Gasteiger partial charge in [0, 0.05) is 18.5 Å². The van der Waals surface area contributed by atoms with Crippen LogP contribution < -0.4 is 11.1 Å².